The summed E-state index contributed by atoms with van der Waals surface area (Å²) in [6, 6.07) is 12.6. The van der Waals surface area contributed by atoms with Gasteiger partial charge in [-0.25, -0.2) is 0 Å². The van der Waals surface area contributed by atoms with Crippen LogP contribution in [0.15, 0.2) is 42.5 Å². The van der Waals surface area contributed by atoms with Crippen molar-refractivity contribution in [2.24, 2.45) is 5.92 Å². The summed E-state index contributed by atoms with van der Waals surface area (Å²) in [5.74, 6) is 0.261. The maximum absolute atomic E-state index is 12.4. The fraction of sp³-hybridized carbons (Fsp3) is 0.333. The summed E-state index contributed by atoms with van der Waals surface area (Å²) in [4.78, 5) is 24.4. The van der Waals surface area contributed by atoms with Crippen molar-refractivity contribution in [3.05, 3.63) is 64.7 Å². The lowest BCUT2D eigenvalue weighted by Crippen LogP contribution is -2.25. The molecule has 4 nitrogen and oxygen atoms in total. The molecule has 0 heterocycles. The fourth-order valence-corrected chi connectivity index (χ4v) is 2.50. The molecule has 0 saturated carbocycles. The molecule has 4 heteroatoms. The summed E-state index contributed by atoms with van der Waals surface area (Å²) in [6.07, 6.45) is 0.947. The molecule has 0 fully saturated rings. The number of carbonyl (C=O) groups is 2. The highest BCUT2D eigenvalue weighted by atomic mass is 16.2. The summed E-state index contributed by atoms with van der Waals surface area (Å²) in [5.41, 5.74) is 4.06. The van der Waals surface area contributed by atoms with Crippen LogP contribution in [-0.2, 0) is 0 Å². The minimum atomic E-state index is -0.182. The van der Waals surface area contributed by atoms with Gasteiger partial charge in [-0.2, -0.15) is 0 Å². The number of aryl methyl sites for hydroxylation is 2. The Bertz CT molecular complexity index is 749. The first-order valence-electron chi connectivity index (χ1n) is 8.63. The van der Waals surface area contributed by atoms with Gasteiger partial charge < -0.3 is 10.6 Å². The minimum absolute atomic E-state index is 0.109. The van der Waals surface area contributed by atoms with Gasteiger partial charge in [-0.3, -0.25) is 9.59 Å². The second-order valence-corrected chi connectivity index (χ2v) is 6.79. The largest absolute Gasteiger partial charge is 0.352 e. The summed E-state index contributed by atoms with van der Waals surface area (Å²) in [5, 5.41) is 5.80. The zero-order valence-corrected chi connectivity index (χ0v) is 15.3. The molecule has 132 valence electrons. The van der Waals surface area contributed by atoms with Crippen LogP contribution in [0.2, 0.25) is 0 Å². The molecule has 0 unspecified atom stereocenters. The van der Waals surface area contributed by atoms with Crippen LogP contribution in [0, 0.1) is 19.8 Å². The topological polar surface area (TPSA) is 58.2 Å². The number of rotatable bonds is 6. The Labute approximate surface area is 149 Å². The Morgan fingerprint density at radius 1 is 0.920 bits per heavy atom. The van der Waals surface area contributed by atoms with E-state index in [0.717, 1.165) is 23.2 Å². The number of hydrogen-bond donors (Lipinski definition) is 2. The Balaban J connectivity index is 1.99. The van der Waals surface area contributed by atoms with E-state index in [-0.39, 0.29) is 11.8 Å². The molecule has 0 atom stereocenters. The molecule has 0 aromatic heterocycles. The molecule has 0 aliphatic carbocycles. The lowest BCUT2D eigenvalue weighted by atomic mass is 10.1. The van der Waals surface area contributed by atoms with Gasteiger partial charge in [-0.05, 0) is 62.1 Å². The molecule has 2 aromatic carbocycles. The molecule has 0 aliphatic rings. The molecule has 0 spiro atoms. The molecular formula is C21H26N2O2. The molecular weight excluding hydrogens is 312 g/mol. The average molecular weight is 338 g/mol. The van der Waals surface area contributed by atoms with Gasteiger partial charge in [0.25, 0.3) is 11.8 Å². The second kappa shape index (κ2) is 8.47. The van der Waals surface area contributed by atoms with Crippen molar-refractivity contribution in [1.29, 1.82) is 0 Å². The molecule has 25 heavy (non-hydrogen) atoms. The van der Waals surface area contributed by atoms with Crippen molar-refractivity contribution in [3.8, 4) is 0 Å². The molecule has 0 radical (unpaired) electrons. The zero-order chi connectivity index (χ0) is 18.4. The molecule has 2 amide bonds. The van der Waals surface area contributed by atoms with Gasteiger partial charge in [-0.15, -0.1) is 0 Å². The zero-order valence-electron chi connectivity index (χ0n) is 15.3. The molecule has 2 rings (SSSR count). The maximum Gasteiger partial charge on any atom is 0.255 e. The summed E-state index contributed by atoms with van der Waals surface area (Å²) in [6.45, 7) is 8.88. The first kappa shape index (κ1) is 18.7. The molecule has 0 aliphatic heterocycles. The van der Waals surface area contributed by atoms with Gasteiger partial charge >= 0.3 is 0 Å². The van der Waals surface area contributed by atoms with Crippen LogP contribution in [0.5, 0.6) is 0 Å². The van der Waals surface area contributed by atoms with Crippen LogP contribution in [-0.4, -0.2) is 18.4 Å². The van der Waals surface area contributed by atoms with Crippen molar-refractivity contribution in [3.63, 3.8) is 0 Å². The number of carbonyl (C=O) groups excluding carboxylic acids is 2. The van der Waals surface area contributed by atoms with Gasteiger partial charge in [0.2, 0.25) is 0 Å². The van der Waals surface area contributed by atoms with Crippen molar-refractivity contribution >= 4 is 17.5 Å². The predicted molar refractivity (Wildman–Crippen MR) is 102 cm³/mol. The smallest absolute Gasteiger partial charge is 0.255 e. The van der Waals surface area contributed by atoms with E-state index in [9.17, 15) is 9.59 Å². The van der Waals surface area contributed by atoms with E-state index in [1.165, 1.54) is 0 Å². The van der Waals surface area contributed by atoms with Gasteiger partial charge in [-0.1, -0.05) is 31.5 Å². The van der Waals surface area contributed by atoms with Crippen molar-refractivity contribution < 1.29 is 9.59 Å². The van der Waals surface area contributed by atoms with Crippen LogP contribution < -0.4 is 10.6 Å². The van der Waals surface area contributed by atoms with E-state index >= 15 is 0 Å². The normalized spacial score (nSPS) is 10.6. The van der Waals surface area contributed by atoms with E-state index in [2.05, 4.69) is 24.5 Å². The summed E-state index contributed by atoms with van der Waals surface area (Å²) in [7, 11) is 0. The third-order valence-corrected chi connectivity index (χ3v) is 4.05. The molecule has 0 saturated heterocycles. The Hall–Kier alpha value is -2.62. The molecule has 2 N–H and O–H groups in total. The number of anilines is 1. The number of benzene rings is 2. The molecule has 2 aromatic rings. The average Bonchev–Trinajstić information content (AvgIpc) is 2.57. The lowest BCUT2D eigenvalue weighted by molar-refractivity contribution is 0.0950. The number of hydrogen-bond acceptors (Lipinski definition) is 2. The highest BCUT2D eigenvalue weighted by Gasteiger charge is 2.10. The number of amides is 2. The summed E-state index contributed by atoms with van der Waals surface area (Å²) < 4.78 is 0. The monoisotopic (exact) mass is 338 g/mol. The third-order valence-electron chi connectivity index (χ3n) is 4.05. The van der Waals surface area contributed by atoms with Gasteiger partial charge in [0.05, 0.1) is 0 Å². The first-order valence-corrected chi connectivity index (χ1v) is 8.63. The van der Waals surface area contributed by atoms with Crippen LogP contribution in [0.1, 0.15) is 52.1 Å². The fourth-order valence-electron chi connectivity index (χ4n) is 2.50. The van der Waals surface area contributed by atoms with E-state index in [1.54, 1.807) is 24.3 Å². The lowest BCUT2D eigenvalue weighted by Gasteiger charge is -2.10. The van der Waals surface area contributed by atoms with Crippen LogP contribution in [0.4, 0.5) is 5.69 Å². The predicted octanol–water partition coefficient (Wildman–Crippen LogP) is 4.33. The van der Waals surface area contributed by atoms with E-state index in [4.69, 9.17) is 0 Å². The standard InChI is InChI=1S/C21H26N2O2/c1-14(2)11-12-22-20(24)17-6-8-18(9-7-17)21(25)23-19-10-5-15(3)13-16(19)4/h5-10,13-14H,11-12H2,1-4H3,(H,22,24)(H,23,25). The van der Waals surface area contributed by atoms with Crippen molar-refractivity contribution in [2.75, 3.05) is 11.9 Å². The van der Waals surface area contributed by atoms with Crippen molar-refractivity contribution in [2.45, 2.75) is 34.1 Å². The minimum Gasteiger partial charge on any atom is -0.352 e. The number of nitrogens with one attached hydrogen (secondary N) is 2. The second-order valence-electron chi connectivity index (χ2n) is 6.79. The van der Waals surface area contributed by atoms with Gasteiger partial charge in [0.1, 0.15) is 0 Å². The summed E-state index contributed by atoms with van der Waals surface area (Å²) >= 11 is 0. The third kappa shape index (κ3) is 5.45. The quantitative estimate of drug-likeness (QED) is 0.823. The van der Waals surface area contributed by atoms with E-state index in [1.807, 2.05) is 32.0 Å². The maximum atomic E-state index is 12.4. The van der Waals surface area contributed by atoms with Gasteiger partial charge in [0.15, 0.2) is 0 Å². The SMILES string of the molecule is Cc1ccc(NC(=O)c2ccc(C(=O)NCCC(C)C)cc2)c(C)c1. The Morgan fingerprint density at radius 2 is 1.52 bits per heavy atom. The highest BCUT2D eigenvalue weighted by Crippen LogP contribution is 2.17. The van der Waals surface area contributed by atoms with E-state index < -0.39 is 0 Å². The Morgan fingerprint density at radius 3 is 2.08 bits per heavy atom. The van der Waals surface area contributed by atoms with Crippen molar-refractivity contribution in [1.82, 2.24) is 5.32 Å². The van der Waals surface area contributed by atoms with Crippen LogP contribution in [0.3, 0.4) is 0 Å². The Kier molecular flexibility index (Phi) is 6.34. The van der Waals surface area contributed by atoms with E-state index in [0.29, 0.717) is 23.6 Å². The first-order chi connectivity index (χ1) is 11.9. The highest BCUT2D eigenvalue weighted by molar-refractivity contribution is 6.05. The molecule has 0 bridgehead atoms. The van der Waals surface area contributed by atoms with Crippen LogP contribution in [0.25, 0.3) is 0 Å². The van der Waals surface area contributed by atoms with Gasteiger partial charge in [0, 0.05) is 23.4 Å². The van der Waals surface area contributed by atoms with Crippen LogP contribution >= 0.6 is 0 Å².